The largest absolute Gasteiger partial charge is 0.311 e. The summed E-state index contributed by atoms with van der Waals surface area (Å²) in [5, 5.41) is 6.22. The van der Waals surface area contributed by atoms with Gasteiger partial charge in [-0.15, -0.1) is 12.4 Å². The summed E-state index contributed by atoms with van der Waals surface area (Å²) in [5.41, 5.74) is 0. The van der Waals surface area contributed by atoms with Crippen LogP contribution in [0.1, 0.15) is 13.8 Å². The Morgan fingerprint density at radius 1 is 1.55 bits per heavy atom. The van der Waals surface area contributed by atoms with E-state index in [2.05, 4.69) is 50.3 Å². The van der Waals surface area contributed by atoms with E-state index in [1.54, 1.807) is 12.3 Å². The average molecular weight is 364 g/mol. The standard InChI is InChI=1S/C13H19BrN4O.ClH/c1-9-7-18(10(2)5-15-9)8-13(19)17-12-4-3-11(14)6-16-12;/h3-4,6,9-10,15H,5,7-8H2,1-2H3,(H,16,17,19);1H. The molecule has 0 aliphatic carbocycles. The quantitative estimate of drug-likeness (QED) is 0.861. The van der Waals surface area contributed by atoms with Gasteiger partial charge in [0.1, 0.15) is 5.82 Å². The van der Waals surface area contributed by atoms with E-state index in [1.165, 1.54) is 0 Å². The third kappa shape index (κ3) is 5.01. The number of nitrogens with one attached hydrogen (secondary N) is 2. The van der Waals surface area contributed by atoms with Crippen LogP contribution in [0.5, 0.6) is 0 Å². The van der Waals surface area contributed by atoms with Crippen molar-refractivity contribution >= 4 is 40.1 Å². The van der Waals surface area contributed by atoms with Gasteiger partial charge in [-0.1, -0.05) is 0 Å². The predicted octanol–water partition coefficient (Wildman–Crippen LogP) is 1.89. The first-order valence-electron chi connectivity index (χ1n) is 6.43. The van der Waals surface area contributed by atoms with Crippen molar-refractivity contribution in [1.82, 2.24) is 15.2 Å². The molecule has 2 unspecified atom stereocenters. The Labute approximate surface area is 134 Å². The first kappa shape index (κ1) is 17.4. The third-order valence-corrected chi connectivity index (χ3v) is 3.70. The molecule has 7 heteroatoms. The van der Waals surface area contributed by atoms with E-state index >= 15 is 0 Å². The molecular formula is C13H20BrClN4O. The Kier molecular flexibility index (Phi) is 6.88. The Balaban J connectivity index is 0.00000200. The monoisotopic (exact) mass is 362 g/mol. The van der Waals surface area contributed by atoms with Crippen molar-refractivity contribution in [3.8, 4) is 0 Å². The molecule has 1 aromatic heterocycles. The maximum atomic E-state index is 12.0. The Hall–Kier alpha value is -0.690. The minimum atomic E-state index is -0.0178. The zero-order valence-corrected chi connectivity index (χ0v) is 14.0. The summed E-state index contributed by atoms with van der Waals surface area (Å²) in [4.78, 5) is 18.3. The number of amides is 1. The molecule has 1 fully saturated rings. The summed E-state index contributed by atoms with van der Waals surface area (Å²) >= 11 is 3.32. The molecule has 0 radical (unpaired) electrons. The second kappa shape index (κ2) is 7.93. The van der Waals surface area contributed by atoms with E-state index in [1.807, 2.05) is 6.07 Å². The number of aromatic nitrogens is 1. The van der Waals surface area contributed by atoms with Crippen LogP contribution in [0.4, 0.5) is 5.82 Å². The number of anilines is 1. The van der Waals surface area contributed by atoms with E-state index in [0.29, 0.717) is 24.4 Å². The highest BCUT2D eigenvalue weighted by atomic mass is 79.9. The molecule has 0 bridgehead atoms. The first-order chi connectivity index (χ1) is 9.04. The predicted molar refractivity (Wildman–Crippen MR) is 86.3 cm³/mol. The molecule has 2 rings (SSSR count). The van der Waals surface area contributed by atoms with E-state index in [9.17, 15) is 4.79 Å². The summed E-state index contributed by atoms with van der Waals surface area (Å²) in [7, 11) is 0. The number of carbonyl (C=O) groups is 1. The van der Waals surface area contributed by atoms with Gasteiger partial charge >= 0.3 is 0 Å². The smallest absolute Gasteiger partial charge is 0.239 e. The molecule has 2 heterocycles. The fraction of sp³-hybridized carbons (Fsp3) is 0.538. The fourth-order valence-electron chi connectivity index (χ4n) is 2.13. The van der Waals surface area contributed by atoms with Gasteiger partial charge in [0.15, 0.2) is 0 Å². The highest BCUT2D eigenvalue weighted by Crippen LogP contribution is 2.11. The van der Waals surface area contributed by atoms with Gasteiger partial charge in [0.2, 0.25) is 5.91 Å². The molecule has 1 aliphatic rings. The molecule has 20 heavy (non-hydrogen) atoms. The van der Waals surface area contributed by atoms with Crippen LogP contribution >= 0.6 is 28.3 Å². The van der Waals surface area contributed by atoms with Crippen LogP contribution < -0.4 is 10.6 Å². The van der Waals surface area contributed by atoms with Crippen LogP contribution in [0.3, 0.4) is 0 Å². The van der Waals surface area contributed by atoms with E-state index in [0.717, 1.165) is 17.6 Å². The highest BCUT2D eigenvalue weighted by molar-refractivity contribution is 9.10. The van der Waals surface area contributed by atoms with Crippen molar-refractivity contribution < 1.29 is 4.79 Å². The molecule has 1 saturated heterocycles. The van der Waals surface area contributed by atoms with Gasteiger partial charge in [0.25, 0.3) is 0 Å². The lowest BCUT2D eigenvalue weighted by atomic mass is 10.1. The van der Waals surface area contributed by atoms with Crippen molar-refractivity contribution in [3.05, 3.63) is 22.8 Å². The Morgan fingerprint density at radius 3 is 2.95 bits per heavy atom. The van der Waals surface area contributed by atoms with E-state index in [-0.39, 0.29) is 18.3 Å². The molecule has 0 saturated carbocycles. The number of pyridine rings is 1. The normalized spacial score (nSPS) is 22.9. The molecule has 1 aromatic rings. The molecule has 112 valence electrons. The van der Waals surface area contributed by atoms with Crippen molar-refractivity contribution in [3.63, 3.8) is 0 Å². The summed E-state index contributed by atoms with van der Waals surface area (Å²) in [6.45, 7) is 6.48. The lowest BCUT2D eigenvalue weighted by Crippen LogP contribution is -2.55. The van der Waals surface area contributed by atoms with Gasteiger partial charge in [-0.25, -0.2) is 4.98 Å². The fourth-order valence-corrected chi connectivity index (χ4v) is 2.37. The van der Waals surface area contributed by atoms with Gasteiger partial charge < -0.3 is 10.6 Å². The molecule has 0 spiro atoms. The zero-order valence-electron chi connectivity index (χ0n) is 11.6. The van der Waals surface area contributed by atoms with Crippen molar-refractivity contribution in [2.75, 3.05) is 25.0 Å². The first-order valence-corrected chi connectivity index (χ1v) is 7.22. The van der Waals surface area contributed by atoms with Crippen LogP contribution in [0.2, 0.25) is 0 Å². The molecule has 1 amide bonds. The third-order valence-electron chi connectivity index (χ3n) is 3.24. The van der Waals surface area contributed by atoms with E-state index < -0.39 is 0 Å². The molecule has 1 aliphatic heterocycles. The van der Waals surface area contributed by atoms with Gasteiger partial charge in [0, 0.05) is 35.8 Å². The highest BCUT2D eigenvalue weighted by Gasteiger charge is 2.24. The van der Waals surface area contributed by atoms with Gasteiger partial charge in [-0.2, -0.15) is 0 Å². The van der Waals surface area contributed by atoms with Crippen LogP contribution in [-0.2, 0) is 4.79 Å². The minimum Gasteiger partial charge on any atom is -0.311 e. The summed E-state index contributed by atoms with van der Waals surface area (Å²) in [6, 6.07) is 4.44. The number of rotatable bonds is 3. The van der Waals surface area contributed by atoms with Crippen LogP contribution in [0, 0.1) is 0 Å². The Morgan fingerprint density at radius 2 is 2.30 bits per heavy atom. The Bertz CT molecular complexity index is 443. The van der Waals surface area contributed by atoms with E-state index in [4.69, 9.17) is 0 Å². The molecule has 2 N–H and O–H groups in total. The number of hydrogen-bond acceptors (Lipinski definition) is 4. The second-order valence-corrected chi connectivity index (χ2v) is 5.91. The topological polar surface area (TPSA) is 57.3 Å². The minimum absolute atomic E-state index is 0. The molecule has 5 nitrogen and oxygen atoms in total. The van der Waals surface area contributed by atoms with Gasteiger partial charge in [-0.3, -0.25) is 9.69 Å². The lowest BCUT2D eigenvalue weighted by molar-refractivity contribution is -0.118. The summed E-state index contributed by atoms with van der Waals surface area (Å²) < 4.78 is 0.898. The average Bonchev–Trinajstić information content (AvgIpc) is 2.37. The number of hydrogen-bond donors (Lipinski definition) is 2. The summed E-state index contributed by atoms with van der Waals surface area (Å²) in [5.74, 6) is 0.569. The van der Waals surface area contributed by atoms with Crippen molar-refractivity contribution in [2.24, 2.45) is 0 Å². The SMILES string of the molecule is CC1CN(CC(=O)Nc2ccc(Br)cn2)C(C)CN1.Cl. The maximum absolute atomic E-state index is 12.0. The number of halogens is 2. The lowest BCUT2D eigenvalue weighted by Gasteiger charge is -2.36. The van der Waals surface area contributed by atoms with Gasteiger partial charge in [-0.05, 0) is 41.9 Å². The number of nitrogens with zero attached hydrogens (tertiary/aromatic N) is 2. The van der Waals surface area contributed by atoms with Crippen molar-refractivity contribution in [1.29, 1.82) is 0 Å². The molecular weight excluding hydrogens is 344 g/mol. The van der Waals surface area contributed by atoms with Crippen LogP contribution in [0.25, 0.3) is 0 Å². The molecule has 0 aromatic carbocycles. The van der Waals surface area contributed by atoms with Crippen molar-refractivity contribution in [2.45, 2.75) is 25.9 Å². The number of carbonyl (C=O) groups excluding carboxylic acids is 1. The second-order valence-electron chi connectivity index (χ2n) is 5.00. The van der Waals surface area contributed by atoms with Crippen LogP contribution in [0.15, 0.2) is 22.8 Å². The summed E-state index contributed by atoms with van der Waals surface area (Å²) in [6.07, 6.45) is 1.67. The number of piperazine rings is 1. The van der Waals surface area contributed by atoms with Crippen LogP contribution in [-0.4, -0.2) is 47.5 Å². The molecule has 2 atom stereocenters. The van der Waals surface area contributed by atoms with Gasteiger partial charge in [0.05, 0.1) is 6.54 Å². The maximum Gasteiger partial charge on any atom is 0.239 e. The zero-order chi connectivity index (χ0) is 13.8.